The molecule has 6 heteroatoms. The van der Waals surface area contributed by atoms with Gasteiger partial charge in [-0.2, -0.15) is 0 Å². The number of nitrogens with zero attached hydrogens (tertiary/aromatic N) is 3. The van der Waals surface area contributed by atoms with E-state index < -0.39 is 0 Å². The minimum Gasteiger partial charge on any atom is -0.378 e. The summed E-state index contributed by atoms with van der Waals surface area (Å²) in [5, 5.41) is 1.47. The summed E-state index contributed by atoms with van der Waals surface area (Å²) in [7, 11) is 0. The summed E-state index contributed by atoms with van der Waals surface area (Å²) in [5.74, 6) is 0.816. The van der Waals surface area contributed by atoms with Crippen molar-refractivity contribution in [1.82, 2.24) is 14.9 Å². The largest absolute Gasteiger partial charge is 0.378 e. The van der Waals surface area contributed by atoms with E-state index in [1.807, 2.05) is 66.4 Å². The lowest BCUT2D eigenvalue weighted by molar-refractivity contribution is -0.134. The Bertz CT molecular complexity index is 943. The molecule has 0 aliphatic carbocycles. The first kappa shape index (κ1) is 17.9. The molecule has 0 spiro atoms. The number of ether oxygens (including phenoxy) is 1. The molecular weight excluding hydrogens is 358 g/mol. The van der Waals surface area contributed by atoms with E-state index in [9.17, 15) is 4.79 Å². The van der Waals surface area contributed by atoms with Crippen LogP contribution in [0.15, 0.2) is 59.6 Å². The van der Waals surface area contributed by atoms with E-state index in [4.69, 9.17) is 4.74 Å². The Morgan fingerprint density at radius 3 is 2.52 bits per heavy atom. The number of aromatic nitrogens is 2. The van der Waals surface area contributed by atoms with Gasteiger partial charge in [-0.25, -0.2) is 9.97 Å². The van der Waals surface area contributed by atoms with Gasteiger partial charge in [0.15, 0.2) is 0 Å². The molecule has 0 unspecified atom stereocenters. The van der Waals surface area contributed by atoms with Gasteiger partial charge in [0.2, 0.25) is 5.91 Å². The monoisotopic (exact) mass is 379 g/mol. The van der Waals surface area contributed by atoms with Crippen molar-refractivity contribution in [1.29, 1.82) is 0 Å². The fourth-order valence-corrected chi connectivity index (χ4v) is 4.45. The summed E-state index contributed by atoms with van der Waals surface area (Å²) in [6.07, 6.45) is 0. The summed E-state index contributed by atoms with van der Waals surface area (Å²) < 4.78 is 5.41. The third kappa shape index (κ3) is 3.96. The van der Waals surface area contributed by atoms with Crippen molar-refractivity contribution < 1.29 is 9.53 Å². The number of carbonyl (C=O) groups excluding carboxylic acids is 1. The zero-order chi connectivity index (χ0) is 18.6. The number of para-hydroxylation sites is 1. The number of fused-ring (bicyclic) bond motifs is 1. The molecule has 1 aliphatic rings. The Balaban J connectivity index is 1.73. The van der Waals surface area contributed by atoms with Crippen molar-refractivity contribution in [3.05, 3.63) is 66.0 Å². The van der Waals surface area contributed by atoms with E-state index in [1.54, 1.807) is 0 Å². The van der Waals surface area contributed by atoms with Gasteiger partial charge in [0.1, 0.15) is 16.1 Å². The second-order valence-electron chi connectivity index (χ2n) is 6.44. The molecule has 0 radical (unpaired) electrons. The molecule has 2 aromatic carbocycles. The highest BCUT2D eigenvalue weighted by Gasteiger charge is 2.29. The van der Waals surface area contributed by atoms with Gasteiger partial charge in [0.25, 0.3) is 0 Å². The number of rotatable bonds is 4. The molecule has 4 rings (SSSR count). The van der Waals surface area contributed by atoms with E-state index in [-0.39, 0.29) is 11.2 Å². The van der Waals surface area contributed by atoms with Crippen molar-refractivity contribution in [2.75, 3.05) is 26.3 Å². The molecular formula is C21H21N3O2S. The van der Waals surface area contributed by atoms with Crippen LogP contribution >= 0.6 is 11.8 Å². The molecule has 2 heterocycles. The van der Waals surface area contributed by atoms with Gasteiger partial charge in [-0.15, -0.1) is 0 Å². The zero-order valence-corrected chi connectivity index (χ0v) is 16.0. The molecule has 0 bridgehead atoms. The van der Waals surface area contributed by atoms with E-state index >= 15 is 0 Å². The maximum Gasteiger partial charge on any atom is 0.240 e. The standard InChI is InChI=1S/C21H21N3O2S/c1-15-22-18-10-6-5-9-17(18)20(23-15)27-19(16-7-3-2-4-8-16)21(25)24-11-13-26-14-12-24/h2-10,19H,11-14H2,1H3/t19-/m1/s1. The van der Waals surface area contributed by atoms with Gasteiger partial charge < -0.3 is 9.64 Å². The molecule has 0 saturated carbocycles. The minimum absolute atomic E-state index is 0.106. The third-order valence-electron chi connectivity index (χ3n) is 4.56. The smallest absolute Gasteiger partial charge is 0.240 e. The second-order valence-corrected chi connectivity index (χ2v) is 7.53. The summed E-state index contributed by atoms with van der Waals surface area (Å²) in [5.41, 5.74) is 1.89. The minimum atomic E-state index is -0.345. The van der Waals surface area contributed by atoms with Crippen molar-refractivity contribution in [3.8, 4) is 0 Å². The maximum absolute atomic E-state index is 13.3. The van der Waals surface area contributed by atoms with Crippen LogP contribution in [-0.4, -0.2) is 47.1 Å². The molecule has 1 saturated heterocycles. The van der Waals surface area contributed by atoms with Gasteiger partial charge in [-0.1, -0.05) is 60.3 Å². The quantitative estimate of drug-likeness (QED) is 0.512. The van der Waals surface area contributed by atoms with Gasteiger partial charge in [0, 0.05) is 18.5 Å². The lowest BCUT2D eigenvalue weighted by atomic mass is 10.1. The molecule has 1 aliphatic heterocycles. The lowest BCUT2D eigenvalue weighted by Gasteiger charge is -2.30. The molecule has 1 fully saturated rings. The number of thioether (sulfide) groups is 1. The van der Waals surface area contributed by atoms with Crippen LogP contribution in [-0.2, 0) is 9.53 Å². The Labute approximate surface area is 162 Å². The predicted molar refractivity (Wildman–Crippen MR) is 107 cm³/mol. The lowest BCUT2D eigenvalue weighted by Crippen LogP contribution is -2.42. The summed E-state index contributed by atoms with van der Waals surface area (Å²) >= 11 is 1.50. The fourth-order valence-electron chi connectivity index (χ4n) is 3.20. The van der Waals surface area contributed by atoms with Crippen molar-refractivity contribution in [3.63, 3.8) is 0 Å². The fraction of sp³-hybridized carbons (Fsp3) is 0.286. The highest BCUT2D eigenvalue weighted by atomic mass is 32.2. The zero-order valence-electron chi connectivity index (χ0n) is 15.2. The van der Waals surface area contributed by atoms with E-state index in [0.29, 0.717) is 32.1 Å². The molecule has 5 nitrogen and oxygen atoms in total. The summed E-state index contributed by atoms with van der Waals surface area (Å²) in [4.78, 5) is 24.4. The average Bonchev–Trinajstić information content (AvgIpc) is 2.72. The molecule has 1 atom stereocenters. The average molecular weight is 379 g/mol. The van der Waals surface area contributed by atoms with Crippen molar-refractivity contribution in [2.24, 2.45) is 0 Å². The van der Waals surface area contributed by atoms with Crippen LogP contribution in [0.25, 0.3) is 10.9 Å². The molecule has 27 heavy (non-hydrogen) atoms. The normalized spacial score (nSPS) is 15.7. The first-order valence-electron chi connectivity index (χ1n) is 9.04. The SMILES string of the molecule is Cc1nc(S[C@@H](C(=O)N2CCOCC2)c2ccccc2)c2ccccc2n1. The van der Waals surface area contributed by atoms with Crippen LogP contribution in [0.2, 0.25) is 0 Å². The number of hydrogen-bond donors (Lipinski definition) is 0. The highest BCUT2D eigenvalue weighted by molar-refractivity contribution is 8.00. The summed E-state index contributed by atoms with van der Waals surface area (Å²) in [6.45, 7) is 4.33. The maximum atomic E-state index is 13.3. The third-order valence-corrected chi connectivity index (χ3v) is 5.80. The highest BCUT2D eigenvalue weighted by Crippen LogP contribution is 2.38. The number of aryl methyl sites for hydroxylation is 1. The predicted octanol–water partition coefficient (Wildman–Crippen LogP) is 3.63. The topological polar surface area (TPSA) is 55.3 Å². The van der Waals surface area contributed by atoms with Gasteiger partial charge >= 0.3 is 0 Å². The van der Waals surface area contributed by atoms with Gasteiger partial charge in [0.05, 0.1) is 18.7 Å². The van der Waals surface area contributed by atoms with E-state index in [1.165, 1.54) is 11.8 Å². The molecule has 3 aromatic rings. The van der Waals surface area contributed by atoms with Gasteiger partial charge in [-0.3, -0.25) is 4.79 Å². The van der Waals surface area contributed by atoms with Crippen molar-refractivity contribution >= 4 is 28.6 Å². The molecule has 1 amide bonds. The van der Waals surface area contributed by atoms with E-state index in [0.717, 1.165) is 21.5 Å². The summed E-state index contributed by atoms with van der Waals surface area (Å²) in [6, 6.07) is 17.9. The van der Waals surface area contributed by atoms with Crippen LogP contribution in [0.1, 0.15) is 16.6 Å². The van der Waals surface area contributed by atoms with Crippen LogP contribution in [0, 0.1) is 6.92 Å². The van der Waals surface area contributed by atoms with Crippen LogP contribution in [0.3, 0.4) is 0 Å². The number of hydrogen-bond acceptors (Lipinski definition) is 5. The van der Waals surface area contributed by atoms with Crippen LogP contribution < -0.4 is 0 Å². The Hall–Kier alpha value is -2.44. The molecule has 138 valence electrons. The number of benzene rings is 2. The Morgan fingerprint density at radius 2 is 1.74 bits per heavy atom. The molecule has 1 aromatic heterocycles. The number of carbonyl (C=O) groups is 1. The van der Waals surface area contributed by atoms with Crippen LogP contribution in [0.4, 0.5) is 0 Å². The Kier molecular flexibility index (Phi) is 5.36. The second kappa shape index (κ2) is 8.06. The Morgan fingerprint density at radius 1 is 1.04 bits per heavy atom. The van der Waals surface area contributed by atoms with Crippen LogP contribution in [0.5, 0.6) is 0 Å². The van der Waals surface area contributed by atoms with E-state index in [2.05, 4.69) is 9.97 Å². The van der Waals surface area contributed by atoms with Gasteiger partial charge in [-0.05, 0) is 18.6 Å². The van der Waals surface area contributed by atoms with Crippen molar-refractivity contribution in [2.45, 2.75) is 17.2 Å². The molecule has 0 N–H and O–H groups in total. The first-order valence-corrected chi connectivity index (χ1v) is 9.92. The number of amides is 1. The number of morpholine rings is 1. The first-order chi connectivity index (χ1) is 13.2.